The number of rotatable bonds is 3. The Morgan fingerprint density at radius 3 is 2.93 bits per heavy atom. The molecule has 1 aromatic rings. The second kappa shape index (κ2) is 5.52. The number of hydrogen-bond donors (Lipinski definition) is 1. The van der Waals surface area contributed by atoms with E-state index in [1.807, 2.05) is 23.9 Å². The Labute approximate surface area is 95.1 Å². The summed E-state index contributed by atoms with van der Waals surface area (Å²) in [6.07, 6.45) is 6.58. The van der Waals surface area contributed by atoms with Crippen molar-refractivity contribution in [2.45, 2.75) is 25.4 Å². The van der Waals surface area contributed by atoms with E-state index in [9.17, 15) is 5.11 Å². The standard InChI is InChI=1S/C12H17NOS/c14-12(11-2-1-5-13-9-11)8-10-3-6-15-7-4-10/h1-2,5,9-10,12,14H,3-4,6-8H2. The molecule has 1 aliphatic heterocycles. The van der Waals surface area contributed by atoms with Gasteiger partial charge in [-0.05, 0) is 48.3 Å². The Hall–Kier alpha value is -0.540. The normalized spacial score (nSPS) is 20.1. The summed E-state index contributed by atoms with van der Waals surface area (Å²) in [7, 11) is 0. The van der Waals surface area contributed by atoms with E-state index in [0.717, 1.165) is 12.0 Å². The second-order valence-corrected chi connectivity index (χ2v) is 5.32. The maximum atomic E-state index is 10.0. The molecule has 82 valence electrons. The van der Waals surface area contributed by atoms with E-state index in [2.05, 4.69) is 4.98 Å². The molecule has 0 spiro atoms. The van der Waals surface area contributed by atoms with Crippen LogP contribution in [0.25, 0.3) is 0 Å². The Bertz CT molecular complexity index is 285. The zero-order chi connectivity index (χ0) is 10.5. The first kappa shape index (κ1) is 11.0. The van der Waals surface area contributed by atoms with Gasteiger partial charge in [0.05, 0.1) is 6.10 Å². The molecule has 1 saturated heterocycles. The highest BCUT2D eigenvalue weighted by molar-refractivity contribution is 7.99. The van der Waals surface area contributed by atoms with Crippen molar-refractivity contribution in [2.75, 3.05) is 11.5 Å². The Morgan fingerprint density at radius 1 is 1.47 bits per heavy atom. The largest absolute Gasteiger partial charge is 0.388 e. The summed E-state index contributed by atoms with van der Waals surface area (Å²) >= 11 is 2.03. The van der Waals surface area contributed by atoms with E-state index in [1.165, 1.54) is 24.3 Å². The highest BCUT2D eigenvalue weighted by Gasteiger charge is 2.18. The van der Waals surface area contributed by atoms with Gasteiger partial charge in [-0.15, -0.1) is 0 Å². The SMILES string of the molecule is OC(CC1CCSCC1)c1cccnc1. The summed E-state index contributed by atoms with van der Waals surface area (Å²) in [6, 6.07) is 3.84. The van der Waals surface area contributed by atoms with Crippen LogP contribution in [0.1, 0.15) is 30.9 Å². The topological polar surface area (TPSA) is 33.1 Å². The van der Waals surface area contributed by atoms with E-state index in [4.69, 9.17) is 0 Å². The van der Waals surface area contributed by atoms with Crippen LogP contribution < -0.4 is 0 Å². The van der Waals surface area contributed by atoms with Gasteiger partial charge in [-0.25, -0.2) is 0 Å². The zero-order valence-electron chi connectivity index (χ0n) is 8.80. The van der Waals surface area contributed by atoms with Crippen molar-refractivity contribution in [1.29, 1.82) is 0 Å². The quantitative estimate of drug-likeness (QED) is 0.855. The lowest BCUT2D eigenvalue weighted by Gasteiger charge is -2.23. The first-order valence-corrected chi connectivity index (χ1v) is 6.67. The molecule has 3 heteroatoms. The van der Waals surface area contributed by atoms with Crippen LogP contribution in [-0.2, 0) is 0 Å². The summed E-state index contributed by atoms with van der Waals surface area (Å²) in [4.78, 5) is 4.03. The molecule has 2 rings (SSSR count). The number of hydrogen-bond acceptors (Lipinski definition) is 3. The first-order valence-electron chi connectivity index (χ1n) is 5.52. The van der Waals surface area contributed by atoms with Crippen molar-refractivity contribution >= 4 is 11.8 Å². The molecule has 0 amide bonds. The van der Waals surface area contributed by atoms with Gasteiger partial charge in [-0.2, -0.15) is 11.8 Å². The molecular formula is C12H17NOS. The monoisotopic (exact) mass is 223 g/mol. The average Bonchev–Trinajstić information content (AvgIpc) is 2.31. The van der Waals surface area contributed by atoms with Gasteiger partial charge in [0.2, 0.25) is 0 Å². The predicted octanol–water partition coefficient (Wildman–Crippen LogP) is 2.65. The molecule has 2 nitrogen and oxygen atoms in total. The fourth-order valence-electron chi connectivity index (χ4n) is 2.01. The van der Waals surface area contributed by atoms with E-state index < -0.39 is 0 Å². The maximum absolute atomic E-state index is 10.0. The van der Waals surface area contributed by atoms with Crippen molar-refractivity contribution in [3.05, 3.63) is 30.1 Å². The first-order chi connectivity index (χ1) is 7.36. The minimum absolute atomic E-state index is 0.327. The van der Waals surface area contributed by atoms with Crippen LogP contribution in [0.15, 0.2) is 24.5 Å². The molecule has 15 heavy (non-hydrogen) atoms. The maximum Gasteiger partial charge on any atom is 0.0807 e. The highest BCUT2D eigenvalue weighted by atomic mass is 32.2. The van der Waals surface area contributed by atoms with E-state index >= 15 is 0 Å². The van der Waals surface area contributed by atoms with E-state index in [-0.39, 0.29) is 6.10 Å². The molecule has 0 saturated carbocycles. The molecule has 1 fully saturated rings. The molecule has 1 N–H and O–H groups in total. The fourth-order valence-corrected chi connectivity index (χ4v) is 3.21. The van der Waals surface area contributed by atoms with Crippen LogP contribution in [0.3, 0.4) is 0 Å². The lowest BCUT2D eigenvalue weighted by atomic mass is 9.93. The Morgan fingerprint density at radius 2 is 2.27 bits per heavy atom. The van der Waals surface area contributed by atoms with Gasteiger partial charge in [-0.3, -0.25) is 4.98 Å². The lowest BCUT2D eigenvalue weighted by molar-refractivity contribution is 0.140. The minimum atomic E-state index is -0.327. The molecule has 0 aromatic carbocycles. The molecule has 1 aliphatic rings. The molecular weight excluding hydrogens is 206 g/mol. The summed E-state index contributed by atoms with van der Waals surface area (Å²) in [5.74, 6) is 3.20. The third-order valence-electron chi connectivity index (χ3n) is 2.97. The molecule has 0 aliphatic carbocycles. The van der Waals surface area contributed by atoms with E-state index in [0.29, 0.717) is 5.92 Å². The summed E-state index contributed by atoms with van der Waals surface area (Å²) in [5.41, 5.74) is 0.954. The minimum Gasteiger partial charge on any atom is -0.388 e. The van der Waals surface area contributed by atoms with Crippen LogP contribution in [0.2, 0.25) is 0 Å². The van der Waals surface area contributed by atoms with Crippen molar-refractivity contribution in [3.63, 3.8) is 0 Å². The summed E-state index contributed by atoms with van der Waals surface area (Å²) in [5, 5.41) is 10.0. The second-order valence-electron chi connectivity index (χ2n) is 4.09. The van der Waals surface area contributed by atoms with Gasteiger partial charge in [0.1, 0.15) is 0 Å². The van der Waals surface area contributed by atoms with Gasteiger partial charge in [0.25, 0.3) is 0 Å². The van der Waals surface area contributed by atoms with Crippen molar-refractivity contribution in [2.24, 2.45) is 5.92 Å². The number of nitrogens with zero attached hydrogens (tertiary/aromatic N) is 1. The molecule has 1 aromatic heterocycles. The third-order valence-corrected chi connectivity index (χ3v) is 4.02. The fraction of sp³-hybridized carbons (Fsp3) is 0.583. The lowest BCUT2D eigenvalue weighted by Crippen LogP contribution is -2.13. The smallest absolute Gasteiger partial charge is 0.0807 e. The van der Waals surface area contributed by atoms with Gasteiger partial charge in [-0.1, -0.05) is 6.07 Å². The molecule has 2 heterocycles. The molecule has 1 unspecified atom stereocenters. The van der Waals surface area contributed by atoms with Crippen molar-refractivity contribution in [1.82, 2.24) is 4.98 Å². The number of aliphatic hydroxyl groups excluding tert-OH is 1. The highest BCUT2D eigenvalue weighted by Crippen LogP contribution is 2.30. The van der Waals surface area contributed by atoms with Crippen molar-refractivity contribution in [3.8, 4) is 0 Å². The Balaban J connectivity index is 1.88. The van der Waals surface area contributed by atoms with Crippen molar-refractivity contribution < 1.29 is 5.11 Å². The number of thioether (sulfide) groups is 1. The van der Waals surface area contributed by atoms with Crippen LogP contribution in [0, 0.1) is 5.92 Å². The zero-order valence-corrected chi connectivity index (χ0v) is 9.62. The number of aromatic nitrogens is 1. The number of aliphatic hydroxyl groups is 1. The predicted molar refractivity (Wildman–Crippen MR) is 63.9 cm³/mol. The molecule has 1 atom stereocenters. The average molecular weight is 223 g/mol. The molecule has 0 radical (unpaired) electrons. The number of pyridine rings is 1. The van der Waals surface area contributed by atoms with Gasteiger partial charge >= 0.3 is 0 Å². The van der Waals surface area contributed by atoms with E-state index in [1.54, 1.807) is 12.4 Å². The van der Waals surface area contributed by atoms with Gasteiger partial charge < -0.3 is 5.11 Å². The molecule has 0 bridgehead atoms. The summed E-state index contributed by atoms with van der Waals surface area (Å²) < 4.78 is 0. The summed E-state index contributed by atoms with van der Waals surface area (Å²) in [6.45, 7) is 0. The van der Waals surface area contributed by atoms with Crippen LogP contribution in [0.5, 0.6) is 0 Å². The van der Waals surface area contributed by atoms with Crippen LogP contribution in [-0.4, -0.2) is 21.6 Å². The van der Waals surface area contributed by atoms with Crippen LogP contribution in [0.4, 0.5) is 0 Å². The Kier molecular flexibility index (Phi) is 4.03. The van der Waals surface area contributed by atoms with Gasteiger partial charge in [0, 0.05) is 12.4 Å². The van der Waals surface area contributed by atoms with Crippen LogP contribution >= 0.6 is 11.8 Å². The van der Waals surface area contributed by atoms with Gasteiger partial charge in [0.15, 0.2) is 0 Å². The third kappa shape index (κ3) is 3.21.